The highest BCUT2D eigenvalue weighted by molar-refractivity contribution is 7.07. The number of hydrogen-bond acceptors (Lipinski definition) is 4. The van der Waals surface area contributed by atoms with Gasteiger partial charge in [-0.1, -0.05) is 36.8 Å². The lowest BCUT2D eigenvalue weighted by atomic mass is 10.1. The van der Waals surface area contributed by atoms with Crippen LogP contribution >= 0.6 is 11.3 Å². The lowest BCUT2D eigenvalue weighted by molar-refractivity contribution is 0.497. The monoisotopic (exact) mass is 368 g/mol. The Morgan fingerprint density at radius 1 is 1.23 bits per heavy atom. The van der Waals surface area contributed by atoms with Gasteiger partial charge in [0.25, 0.3) is 0 Å². The highest BCUT2D eigenvalue weighted by Gasteiger charge is 2.09. The number of guanidine groups is 1. The molecule has 5 nitrogen and oxygen atoms in total. The highest BCUT2D eigenvalue weighted by Crippen LogP contribution is 2.20. The van der Waals surface area contributed by atoms with Gasteiger partial charge in [0.05, 0.1) is 12.7 Å². The van der Waals surface area contributed by atoms with Crippen LogP contribution in [-0.2, 0) is 6.54 Å². The Hall–Kier alpha value is -2.60. The van der Waals surface area contributed by atoms with Crippen molar-refractivity contribution < 1.29 is 4.42 Å². The van der Waals surface area contributed by atoms with E-state index in [0.717, 1.165) is 23.8 Å². The molecule has 26 heavy (non-hydrogen) atoms. The fourth-order valence-electron chi connectivity index (χ4n) is 2.55. The zero-order chi connectivity index (χ0) is 18.4. The van der Waals surface area contributed by atoms with Gasteiger partial charge in [-0.3, -0.25) is 4.99 Å². The lowest BCUT2D eigenvalue weighted by Crippen LogP contribution is -2.38. The summed E-state index contributed by atoms with van der Waals surface area (Å²) in [5.41, 5.74) is 3.59. The van der Waals surface area contributed by atoms with Crippen molar-refractivity contribution in [1.82, 2.24) is 15.6 Å². The van der Waals surface area contributed by atoms with Crippen molar-refractivity contribution in [1.29, 1.82) is 0 Å². The van der Waals surface area contributed by atoms with Crippen LogP contribution in [0, 0.1) is 6.92 Å². The molecule has 1 atom stereocenters. The number of aryl methyl sites for hydroxylation is 1. The Morgan fingerprint density at radius 3 is 2.73 bits per heavy atom. The van der Waals surface area contributed by atoms with Crippen LogP contribution in [0.4, 0.5) is 0 Å². The summed E-state index contributed by atoms with van der Waals surface area (Å²) in [7, 11) is 1.76. The molecule has 0 amide bonds. The summed E-state index contributed by atoms with van der Waals surface area (Å²) in [5.74, 6) is 2.57. The van der Waals surface area contributed by atoms with Gasteiger partial charge in [-0.15, -0.1) is 0 Å². The van der Waals surface area contributed by atoms with Gasteiger partial charge in [-0.25, -0.2) is 4.98 Å². The van der Waals surface area contributed by atoms with Crippen LogP contribution < -0.4 is 10.6 Å². The fourth-order valence-corrected chi connectivity index (χ4v) is 3.33. The van der Waals surface area contributed by atoms with Crippen LogP contribution in [0.15, 0.2) is 56.7 Å². The van der Waals surface area contributed by atoms with Crippen LogP contribution in [0.5, 0.6) is 0 Å². The molecule has 3 rings (SSSR count). The average Bonchev–Trinajstić information content (AvgIpc) is 3.34. The Bertz CT molecular complexity index is 837. The maximum Gasteiger partial charge on any atom is 0.214 e. The van der Waals surface area contributed by atoms with Gasteiger partial charge in [0.15, 0.2) is 11.7 Å². The van der Waals surface area contributed by atoms with Gasteiger partial charge in [-0.2, -0.15) is 11.3 Å². The number of rotatable bonds is 6. The molecule has 0 saturated heterocycles. The van der Waals surface area contributed by atoms with Crippen LogP contribution in [0.3, 0.4) is 0 Å². The summed E-state index contributed by atoms with van der Waals surface area (Å²) < 4.78 is 5.83. The van der Waals surface area contributed by atoms with Gasteiger partial charge < -0.3 is 15.1 Å². The molecule has 0 bridgehead atoms. The largest absolute Gasteiger partial charge is 0.439 e. The first-order valence-electron chi connectivity index (χ1n) is 8.64. The third kappa shape index (κ3) is 4.73. The summed E-state index contributed by atoms with van der Waals surface area (Å²) in [4.78, 5) is 8.61. The summed E-state index contributed by atoms with van der Waals surface area (Å²) in [6.45, 7) is 5.57. The van der Waals surface area contributed by atoms with E-state index in [0.29, 0.717) is 18.4 Å². The van der Waals surface area contributed by atoms with E-state index in [2.05, 4.69) is 63.4 Å². The number of aliphatic imine (C=N–C) groups is 1. The predicted octanol–water partition coefficient (Wildman–Crippen LogP) is 4.18. The fraction of sp³-hybridized carbons (Fsp3) is 0.300. The average molecular weight is 369 g/mol. The van der Waals surface area contributed by atoms with E-state index in [9.17, 15) is 0 Å². The van der Waals surface area contributed by atoms with Gasteiger partial charge in [0.2, 0.25) is 5.89 Å². The normalized spacial score (nSPS) is 12.8. The van der Waals surface area contributed by atoms with E-state index in [4.69, 9.17) is 4.42 Å². The zero-order valence-electron chi connectivity index (χ0n) is 15.3. The molecule has 1 unspecified atom stereocenters. The number of hydrogen-bond donors (Lipinski definition) is 2. The van der Waals surface area contributed by atoms with Gasteiger partial charge >= 0.3 is 0 Å². The van der Waals surface area contributed by atoms with Gasteiger partial charge in [0.1, 0.15) is 0 Å². The molecule has 0 aliphatic heterocycles. The number of benzene rings is 1. The first-order valence-corrected chi connectivity index (χ1v) is 9.58. The summed E-state index contributed by atoms with van der Waals surface area (Å²) in [6.07, 6.45) is 1.76. The van der Waals surface area contributed by atoms with Gasteiger partial charge in [0, 0.05) is 19.2 Å². The van der Waals surface area contributed by atoms with Crippen molar-refractivity contribution in [2.45, 2.75) is 26.3 Å². The Labute approximate surface area is 158 Å². The second-order valence-electron chi connectivity index (χ2n) is 6.25. The van der Waals surface area contributed by atoms with Crippen molar-refractivity contribution in [2.24, 2.45) is 4.99 Å². The van der Waals surface area contributed by atoms with E-state index in [1.165, 1.54) is 11.1 Å². The molecule has 0 spiro atoms. The third-order valence-electron chi connectivity index (χ3n) is 4.21. The Morgan fingerprint density at radius 2 is 2.04 bits per heavy atom. The van der Waals surface area contributed by atoms with E-state index < -0.39 is 0 Å². The van der Waals surface area contributed by atoms with Gasteiger partial charge in [-0.05, 0) is 35.2 Å². The second-order valence-corrected chi connectivity index (χ2v) is 7.03. The number of nitrogens with one attached hydrogen (secondary N) is 2. The molecule has 0 aliphatic rings. The molecule has 2 N–H and O–H groups in total. The van der Waals surface area contributed by atoms with Crippen LogP contribution in [0.2, 0.25) is 0 Å². The summed E-state index contributed by atoms with van der Waals surface area (Å²) in [6, 6.07) is 10.4. The van der Waals surface area contributed by atoms with Crippen molar-refractivity contribution >= 4 is 17.3 Å². The number of oxazole rings is 1. The minimum absolute atomic E-state index is 0.426. The van der Waals surface area contributed by atoms with Crippen molar-refractivity contribution in [2.75, 3.05) is 13.6 Å². The molecule has 0 aliphatic carbocycles. The minimum atomic E-state index is 0.426. The zero-order valence-corrected chi connectivity index (χ0v) is 16.1. The van der Waals surface area contributed by atoms with E-state index in [-0.39, 0.29) is 0 Å². The lowest BCUT2D eigenvalue weighted by Gasteiger charge is -2.14. The molecular formula is C20H24N4OS. The van der Waals surface area contributed by atoms with Crippen molar-refractivity contribution in [3.05, 3.63) is 64.3 Å². The van der Waals surface area contributed by atoms with E-state index in [1.54, 1.807) is 24.6 Å². The van der Waals surface area contributed by atoms with Crippen LogP contribution in [0.1, 0.15) is 29.9 Å². The van der Waals surface area contributed by atoms with Crippen LogP contribution in [0.25, 0.3) is 11.3 Å². The molecule has 2 aromatic heterocycles. The maximum absolute atomic E-state index is 5.83. The standard InChI is InChI=1S/C20H24N4OS/c1-14-4-6-16(7-5-14)18-11-22-19(25-18)12-24-20(21-3)23-10-15(2)17-8-9-26-13-17/h4-9,11,13,15H,10,12H2,1-3H3,(H2,21,23,24). The first-order chi connectivity index (χ1) is 12.7. The number of nitrogens with zero attached hydrogens (tertiary/aromatic N) is 2. The topological polar surface area (TPSA) is 62.5 Å². The predicted molar refractivity (Wildman–Crippen MR) is 108 cm³/mol. The van der Waals surface area contributed by atoms with Crippen molar-refractivity contribution in [3.8, 4) is 11.3 Å². The molecule has 0 radical (unpaired) electrons. The Kier molecular flexibility index (Phi) is 6.07. The molecule has 0 fully saturated rings. The molecule has 2 heterocycles. The second kappa shape index (κ2) is 8.67. The summed E-state index contributed by atoms with van der Waals surface area (Å²) >= 11 is 1.72. The van der Waals surface area contributed by atoms with Crippen molar-refractivity contribution in [3.63, 3.8) is 0 Å². The molecule has 0 saturated carbocycles. The SMILES string of the molecule is CN=C(NCc1ncc(-c2ccc(C)cc2)o1)NCC(C)c1ccsc1. The molecule has 136 valence electrons. The number of thiophene rings is 1. The maximum atomic E-state index is 5.83. The molecular weight excluding hydrogens is 344 g/mol. The Balaban J connectivity index is 1.52. The van der Waals surface area contributed by atoms with Crippen LogP contribution in [-0.4, -0.2) is 24.5 Å². The van der Waals surface area contributed by atoms with E-state index >= 15 is 0 Å². The number of aromatic nitrogens is 1. The third-order valence-corrected chi connectivity index (χ3v) is 4.91. The quantitative estimate of drug-likeness (QED) is 0.506. The first kappa shape index (κ1) is 18.2. The smallest absolute Gasteiger partial charge is 0.214 e. The highest BCUT2D eigenvalue weighted by atomic mass is 32.1. The molecule has 1 aromatic carbocycles. The summed E-state index contributed by atoms with van der Waals surface area (Å²) in [5, 5.41) is 10.9. The minimum Gasteiger partial charge on any atom is -0.439 e. The molecule has 3 aromatic rings. The van der Waals surface area contributed by atoms with E-state index in [1.807, 2.05) is 12.1 Å². The molecule has 6 heteroatoms.